The molecule has 0 saturated heterocycles. The van der Waals surface area contributed by atoms with Crippen LogP contribution in [0, 0.1) is 0 Å². The molecule has 0 aromatic rings. The van der Waals surface area contributed by atoms with Gasteiger partial charge < -0.3 is 10.5 Å². The smallest absolute Gasteiger partial charge is 0.324 e. The maximum Gasteiger partial charge on any atom is 0.324 e. The SMILES string of the molecule is COC(=O)[C@@H](N)[C@H](C)Cl. The number of halogens is 1. The summed E-state index contributed by atoms with van der Waals surface area (Å²) in [5, 5.41) is -0.377. The molecule has 9 heavy (non-hydrogen) atoms. The van der Waals surface area contributed by atoms with E-state index in [1.807, 2.05) is 0 Å². The fourth-order valence-electron chi connectivity index (χ4n) is 0.324. The van der Waals surface area contributed by atoms with E-state index in [-0.39, 0.29) is 5.38 Å². The van der Waals surface area contributed by atoms with Gasteiger partial charge in [0.25, 0.3) is 0 Å². The number of esters is 1. The third kappa shape index (κ3) is 2.67. The monoisotopic (exact) mass is 151 g/mol. The lowest BCUT2D eigenvalue weighted by molar-refractivity contribution is -0.142. The van der Waals surface area contributed by atoms with Crippen molar-refractivity contribution in [3.63, 3.8) is 0 Å². The van der Waals surface area contributed by atoms with Crippen LogP contribution in [0.25, 0.3) is 0 Å². The maximum absolute atomic E-state index is 10.5. The molecule has 0 aromatic carbocycles. The first-order valence-electron chi connectivity index (χ1n) is 2.57. The Morgan fingerprint density at radius 3 is 2.33 bits per heavy atom. The van der Waals surface area contributed by atoms with Crippen LogP contribution in [-0.4, -0.2) is 24.5 Å². The van der Waals surface area contributed by atoms with E-state index >= 15 is 0 Å². The Hall–Kier alpha value is -0.280. The lowest BCUT2D eigenvalue weighted by Gasteiger charge is -2.09. The number of nitrogens with two attached hydrogens (primary N) is 1. The van der Waals surface area contributed by atoms with Crippen LogP contribution in [0.2, 0.25) is 0 Å². The molecule has 2 N–H and O–H groups in total. The normalized spacial score (nSPS) is 16.4. The lowest BCUT2D eigenvalue weighted by atomic mass is 10.2. The first-order chi connectivity index (χ1) is 4.09. The fourth-order valence-corrected chi connectivity index (χ4v) is 0.426. The van der Waals surface area contributed by atoms with E-state index in [0.29, 0.717) is 0 Å². The summed E-state index contributed by atoms with van der Waals surface area (Å²) in [7, 11) is 1.28. The van der Waals surface area contributed by atoms with Crippen molar-refractivity contribution >= 4 is 17.6 Å². The molecule has 0 unspecified atom stereocenters. The van der Waals surface area contributed by atoms with E-state index in [1.54, 1.807) is 6.92 Å². The minimum Gasteiger partial charge on any atom is -0.468 e. The van der Waals surface area contributed by atoms with E-state index in [4.69, 9.17) is 17.3 Å². The molecule has 0 radical (unpaired) electrons. The molecule has 0 amide bonds. The van der Waals surface area contributed by atoms with E-state index in [9.17, 15) is 4.79 Å². The van der Waals surface area contributed by atoms with Crippen molar-refractivity contribution in [2.45, 2.75) is 18.3 Å². The zero-order valence-electron chi connectivity index (χ0n) is 5.43. The molecule has 0 heterocycles. The lowest BCUT2D eigenvalue weighted by Crippen LogP contribution is -2.38. The number of methoxy groups -OCH3 is 1. The summed E-state index contributed by atoms with van der Waals surface area (Å²) >= 11 is 5.48. The van der Waals surface area contributed by atoms with Crippen molar-refractivity contribution in [2.24, 2.45) is 5.73 Å². The number of rotatable bonds is 2. The van der Waals surface area contributed by atoms with Crippen LogP contribution in [0.3, 0.4) is 0 Å². The summed E-state index contributed by atoms with van der Waals surface area (Å²) < 4.78 is 4.32. The van der Waals surface area contributed by atoms with E-state index in [2.05, 4.69) is 4.74 Å². The highest BCUT2D eigenvalue weighted by Crippen LogP contribution is 1.99. The molecule has 0 aliphatic carbocycles. The first-order valence-corrected chi connectivity index (χ1v) is 3.00. The zero-order valence-corrected chi connectivity index (χ0v) is 6.18. The minimum atomic E-state index is -0.711. The Balaban J connectivity index is 3.72. The van der Waals surface area contributed by atoms with Crippen LogP contribution in [0.1, 0.15) is 6.92 Å². The van der Waals surface area contributed by atoms with Crippen molar-refractivity contribution in [1.29, 1.82) is 0 Å². The average molecular weight is 152 g/mol. The van der Waals surface area contributed by atoms with Gasteiger partial charge in [-0.25, -0.2) is 0 Å². The Bertz CT molecular complexity index is 105. The van der Waals surface area contributed by atoms with Crippen molar-refractivity contribution in [3.05, 3.63) is 0 Å². The van der Waals surface area contributed by atoms with Gasteiger partial charge in [-0.15, -0.1) is 11.6 Å². The van der Waals surface area contributed by atoms with Gasteiger partial charge in [0.2, 0.25) is 0 Å². The predicted octanol–water partition coefficient (Wildman–Crippen LogP) is 0.114. The summed E-state index contributed by atoms with van der Waals surface area (Å²) in [6.45, 7) is 1.64. The summed E-state index contributed by atoms with van der Waals surface area (Å²) in [6, 6.07) is -0.711. The second kappa shape index (κ2) is 3.69. The van der Waals surface area contributed by atoms with Crippen LogP contribution in [0.15, 0.2) is 0 Å². The molecule has 0 aromatic heterocycles. The molecule has 0 rings (SSSR count). The topological polar surface area (TPSA) is 52.3 Å². The Morgan fingerprint density at radius 2 is 2.22 bits per heavy atom. The van der Waals surface area contributed by atoms with Gasteiger partial charge in [-0.2, -0.15) is 0 Å². The van der Waals surface area contributed by atoms with Crippen LogP contribution >= 0.6 is 11.6 Å². The van der Waals surface area contributed by atoms with E-state index < -0.39 is 12.0 Å². The third-order valence-electron chi connectivity index (χ3n) is 0.968. The molecule has 4 heteroatoms. The van der Waals surface area contributed by atoms with Gasteiger partial charge in [-0.1, -0.05) is 0 Å². The number of ether oxygens (including phenoxy) is 1. The summed E-state index contributed by atoms with van der Waals surface area (Å²) in [5.41, 5.74) is 5.26. The molecular weight excluding hydrogens is 142 g/mol. The molecule has 0 saturated carbocycles. The molecule has 0 aliphatic heterocycles. The van der Waals surface area contributed by atoms with E-state index in [0.717, 1.165) is 0 Å². The quantitative estimate of drug-likeness (QED) is 0.451. The molecular formula is C5H10ClNO2. The van der Waals surface area contributed by atoms with Crippen molar-refractivity contribution in [2.75, 3.05) is 7.11 Å². The van der Waals surface area contributed by atoms with Crippen molar-refractivity contribution in [1.82, 2.24) is 0 Å². The van der Waals surface area contributed by atoms with Gasteiger partial charge in [0.05, 0.1) is 12.5 Å². The summed E-state index contributed by atoms with van der Waals surface area (Å²) in [4.78, 5) is 10.5. The Labute approximate surface area is 59.1 Å². The molecule has 0 fully saturated rings. The second-order valence-corrected chi connectivity index (χ2v) is 2.41. The van der Waals surface area contributed by atoms with Crippen LogP contribution in [0.5, 0.6) is 0 Å². The van der Waals surface area contributed by atoms with Crippen LogP contribution in [-0.2, 0) is 9.53 Å². The molecule has 0 spiro atoms. The third-order valence-corrected chi connectivity index (χ3v) is 1.24. The number of alkyl halides is 1. The van der Waals surface area contributed by atoms with Gasteiger partial charge in [-0.05, 0) is 6.92 Å². The van der Waals surface area contributed by atoms with Crippen LogP contribution < -0.4 is 5.73 Å². The Kier molecular flexibility index (Phi) is 3.58. The summed E-state index contributed by atoms with van der Waals surface area (Å²) in [5.74, 6) is -0.475. The molecule has 0 bridgehead atoms. The van der Waals surface area contributed by atoms with Crippen LogP contribution in [0.4, 0.5) is 0 Å². The molecule has 2 atom stereocenters. The molecule has 0 aliphatic rings. The number of hydrogen-bond acceptors (Lipinski definition) is 3. The van der Waals surface area contributed by atoms with Crippen molar-refractivity contribution in [3.8, 4) is 0 Å². The largest absolute Gasteiger partial charge is 0.468 e. The Morgan fingerprint density at radius 1 is 1.78 bits per heavy atom. The zero-order chi connectivity index (χ0) is 7.44. The second-order valence-electron chi connectivity index (χ2n) is 1.73. The highest BCUT2D eigenvalue weighted by molar-refractivity contribution is 6.22. The predicted molar refractivity (Wildman–Crippen MR) is 35.3 cm³/mol. The van der Waals surface area contributed by atoms with Gasteiger partial charge >= 0.3 is 5.97 Å². The maximum atomic E-state index is 10.5. The van der Waals surface area contributed by atoms with Gasteiger partial charge in [0.15, 0.2) is 0 Å². The molecule has 3 nitrogen and oxygen atoms in total. The summed E-state index contributed by atoms with van der Waals surface area (Å²) in [6.07, 6.45) is 0. The average Bonchev–Trinajstić information content (AvgIpc) is 1.84. The van der Waals surface area contributed by atoms with E-state index in [1.165, 1.54) is 7.11 Å². The number of carbonyl (C=O) groups is 1. The highest BCUT2D eigenvalue weighted by atomic mass is 35.5. The van der Waals surface area contributed by atoms with Crippen molar-refractivity contribution < 1.29 is 9.53 Å². The first kappa shape index (κ1) is 8.72. The fraction of sp³-hybridized carbons (Fsp3) is 0.800. The van der Waals surface area contributed by atoms with Gasteiger partial charge in [-0.3, -0.25) is 4.79 Å². The van der Waals surface area contributed by atoms with Gasteiger partial charge in [0.1, 0.15) is 6.04 Å². The highest BCUT2D eigenvalue weighted by Gasteiger charge is 2.18. The minimum absolute atomic E-state index is 0.377. The standard InChI is InChI=1S/C5H10ClNO2/c1-3(6)4(7)5(8)9-2/h3-4H,7H2,1-2H3/t3-,4-/m0/s1. The van der Waals surface area contributed by atoms with Gasteiger partial charge in [0, 0.05) is 0 Å². The molecule has 54 valence electrons. The number of hydrogen-bond donors (Lipinski definition) is 1. The number of carbonyl (C=O) groups excluding carboxylic acids is 1.